The number of halogens is 1. The quantitative estimate of drug-likeness (QED) is 0.634. The molecule has 3 N–H and O–H groups in total. The molecule has 0 aliphatic carbocycles. The van der Waals surface area contributed by atoms with Crippen LogP contribution in [-0.4, -0.2) is 18.7 Å². The monoisotopic (exact) mass is 307 g/mol. The molecule has 0 aliphatic rings. The van der Waals surface area contributed by atoms with Crippen molar-refractivity contribution in [3.05, 3.63) is 52.8 Å². The molecular weight excluding hydrogens is 290 g/mol. The third-order valence-electron chi connectivity index (χ3n) is 3.05. The molecule has 1 atom stereocenters. The highest BCUT2D eigenvalue weighted by molar-refractivity contribution is 6.30. The molecule has 1 heterocycles. The van der Waals surface area contributed by atoms with E-state index in [9.17, 15) is 0 Å². The first-order chi connectivity index (χ1) is 10.2. The molecule has 2 aromatic rings. The SMILES string of the molecule is CCOc1cncc(C(NN)c2cc(Cl)ccc2OC)c1. The smallest absolute Gasteiger partial charge is 0.137 e. The number of methoxy groups -OCH3 is 1. The minimum Gasteiger partial charge on any atom is -0.496 e. The molecule has 1 aromatic heterocycles. The molecule has 0 saturated heterocycles. The molecule has 2 rings (SSSR count). The third-order valence-corrected chi connectivity index (χ3v) is 3.28. The predicted molar refractivity (Wildman–Crippen MR) is 82.6 cm³/mol. The van der Waals surface area contributed by atoms with Gasteiger partial charge in [-0.05, 0) is 36.8 Å². The number of hydrogen-bond acceptors (Lipinski definition) is 5. The minimum absolute atomic E-state index is 0.299. The van der Waals surface area contributed by atoms with Crippen LogP contribution < -0.4 is 20.7 Å². The Morgan fingerprint density at radius 3 is 2.81 bits per heavy atom. The number of nitrogens with two attached hydrogens (primary N) is 1. The fraction of sp³-hybridized carbons (Fsp3) is 0.267. The zero-order chi connectivity index (χ0) is 15.2. The number of ether oxygens (including phenoxy) is 2. The van der Waals surface area contributed by atoms with Gasteiger partial charge in [0.2, 0.25) is 0 Å². The fourth-order valence-electron chi connectivity index (χ4n) is 2.14. The standard InChI is InChI=1S/C15H18ClN3O2/c1-3-21-12-6-10(8-18-9-12)15(19-17)13-7-11(16)4-5-14(13)20-2/h4-9,15,19H,3,17H2,1-2H3. The molecular formula is C15H18ClN3O2. The predicted octanol–water partition coefficient (Wildman–Crippen LogP) is 2.70. The summed E-state index contributed by atoms with van der Waals surface area (Å²) in [6, 6.07) is 6.99. The van der Waals surface area contributed by atoms with E-state index in [-0.39, 0.29) is 6.04 Å². The molecule has 112 valence electrons. The van der Waals surface area contributed by atoms with Crippen LogP contribution in [0.3, 0.4) is 0 Å². The van der Waals surface area contributed by atoms with Crippen molar-refractivity contribution in [2.24, 2.45) is 5.84 Å². The maximum Gasteiger partial charge on any atom is 0.137 e. The second-order valence-electron chi connectivity index (χ2n) is 4.37. The van der Waals surface area contributed by atoms with Crippen LogP contribution in [0.25, 0.3) is 0 Å². The third kappa shape index (κ3) is 3.64. The van der Waals surface area contributed by atoms with Crippen molar-refractivity contribution < 1.29 is 9.47 Å². The van der Waals surface area contributed by atoms with Gasteiger partial charge in [-0.2, -0.15) is 0 Å². The van der Waals surface area contributed by atoms with Gasteiger partial charge in [0.1, 0.15) is 11.5 Å². The number of hydrogen-bond donors (Lipinski definition) is 2. The highest BCUT2D eigenvalue weighted by Crippen LogP contribution is 2.32. The van der Waals surface area contributed by atoms with Crippen molar-refractivity contribution >= 4 is 11.6 Å². The molecule has 0 aliphatic heterocycles. The average Bonchev–Trinajstić information content (AvgIpc) is 2.49. The van der Waals surface area contributed by atoms with Crippen molar-refractivity contribution in [1.29, 1.82) is 0 Å². The Hall–Kier alpha value is -1.82. The van der Waals surface area contributed by atoms with Crippen LogP contribution >= 0.6 is 11.6 Å². The molecule has 0 saturated carbocycles. The van der Waals surface area contributed by atoms with Gasteiger partial charge in [0.05, 0.1) is 26.0 Å². The molecule has 0 bridgehead atoms. The van der Waals surface area contributed by atoms with Crippen LogP contribution in [0.1, 0.15) is 24.1 Å². The summed E-state index contributed by atoms with van der Waals surface area (Å²) in [7, 11) is 1.61. The lowest BCUT2D eigenvalue weighted by molar-refractivity contribution is 0.338. The van der Waals surface area contributed by atoms with Crippen molar-refractivity contribution in [2.75, 3.05) is 13.7 Å². The van der Waals surface area contributed by atoms with Gasteiger partial charge < -0.3 is 9.47 Å². The summed E-state index contributed by atoms with van der Waals surface area (Å²) < 4.78 is 10.8. The van der Waals surface area contributed by atoms with Gasteiger partial charge in [-0.1, -0.05) is 11.6 Å². The molecule has 6 heteroatoms. The van der Waals surface area contributed by atoms with E-state index in [4.69, 9.17) is 26.9 Å². The highest BCUT2D eigenvalue weighted by Gasteiger charge is 2.18. The van der Waals surface area contributed by atoms with Gasteiger partial charge in [0, 0.05) is 16.8 Å². The van der Waals surface area contributed by atoms with E-state index in [2.05, 4.69) is 10.4 Å². The Balaban J connectivity index is 2.44. The lowest BCUT2D eigenvalue weighted by Gasteiger charge is -2.20. The molecule has 0 radical (unpaired) electrons. The van der Waals surface area contributed by atoms with E-state index in [1.54, 1.807) is 25.6 Å². The van der Waals surface area contributed by atoms with E-state index in [0.29, 0.717) is 23.1 Å². The summed E-state index contributed by atoms with van der Waals surface area (Å²) in [4.78, 5) is 4.18. The van der Waals surface area contributed by atoms with Crippen LogP contribution in [-0.2, 0) is 0 Å². The Morgan fingerprint density at radius 1 is 1.33 bits per heavy atom. The topological polar surface area (TPSA) is 69.4 Å². The van der Waals surface area contributed by atoms with Crippen molar-refractivity contribution in [1.82, 2.24) is 10.4 Å². The van der Waals surface area contributed by atoms with Gasteiger partial charge in [-0.15, -0.1) is 0 Å². The molecule has 0 spiro atoms. The van der Waals surface area contributed by atoms with Crippen LogP contribution in [0, 0.1) is 0 Å². The Bertz CT molecular complexity index is 607. The molecule has 1 unspecified atom stereocenters. The first-order valence-electron chi connectivity index (χ1n) is 6.57. The zero-order valence-corrected chi connectivity index (χ0v) is 12.7. The van der Waals surface area contributed by atoms with E-state index in [1.165, 1.54) is 0 Å². The number of nitrogens with one attached hydrogen (secondary N) is 1. The van der Waals surface area contributed by atoms with Crippen molar-refractivity contribution in [2.45, 2.75) is 13.0 Å². The average molecular weight is 308 g/mol. The number of pyridine rings is 1. The fourth-order valence-corrected chi connectivity index (χ4v) is 2.32. The molecule has 0 fully saturated rings. The number of nitrogens with zero attached hydrogens (tertiary/aromatic N) is 1. The molecule has 0 amide bonds. The van der Waals surface area contributed by atoms with Gasteiger partial charge in [0.25, 0.3) is 0 Å². The normalized spacial score (nSPS) is 12.0. The summed E-state index contributed by atoms with van der Waals surface area (Å²) in [6.45, 7) is 2.50. The first kappa shape index (κ1) is 15.6. The summed E-state index contributed by atoms with van der Waals surface area (Å²) in [5, 5.41) is 0.611. The zero-order valence-electron chi connectivity index (χ0n) is 12.0. The lowest BCUT2D eigenvalue weighted by Crippen LogP contribution is -2.29. The summed E-state index contributed by atoms with van der Waals surface area (Å²) >= 11 is 6.08. The summed E-state index contributed by atoms with van der Waals surface area (Å²) in [5.41, 5.74) is 4.47. The van der Waals surface area contributed by atoms with Crippen LogP contribution in [0.5, 0.6) is 11.5 Å². The highest BCUT2D eigenvalue weighted by atomic mass is 35.5. The van der Waals surface area contributed by atoms with Gasteiger partial charge in [-0.25, -0.2) is 5.43 Å². The summed E-state index contributed by atoms with van der Waals surface area (Å²) in [5.74, 6) is 7.11. The van der Waals surface area contributed by atoms with Crippen LogP contribution in [0.2, 0.25) is 5.02 Å². The van der Waals surface area contributed by atoms with E-state index >= 15 is 0 Å². The van der Waals surface area contributed by atoms with Gasteiger partial charge in [0.15, 0.2) is 0 Å². The van der Waals surface area contributed by atoms with Crippen LogP contribution in [0.4, 0.5) is 0 Å². The Morgan fingerprint density at radius 2 is 2.14 bits per heavy atom. The van der Waals surface area contributed by atoms with E-state index in [0.717, 1.165) is 11.1 Å². The first-order valence-corrected chi connectivity index (χ1v) is 6.94. The Labute approximate surface area is 129 Å². The maximum absolute atomic E-state index is 6.08. The summed E-state index contributed by atoms with van der Waals surface area (Å²) in [6.07, 6.45) is 3.39. The van der Waals surface area contributed by atoms with Gasteiger partial charge in [-0.3, -0.25) is 10.8 Å². The van der Waals surface area contributed by atoms with Crippen LogP contribution in [0.15, 0.2) is 36.7 Å². The van der Waals surface area contributed by atoms with E-state index < -0.39 is 0 Å². The number of rotatable bonds is 6. The molecule has 1 aromatic carbocycles. The lowest BCUT2D eigenvalue weighted by atomic mass is 9.99. The van der Waals surface area contributed by atoms with Gasteiger partial charge >= 0.3 is 0 Å². The minimum atomic E-state index is -0.299. The maximum atomic E-state index is 6.08. The van der Waals surface area contributed by atoms with Crippen molar-refractivity contribution in [3.63, 3.8) is 0 Å². The molecule has 21 heavy (non-hydrogen) atoms. The largest absolute Gasteiger partial charge is 0.496 e. The second-order valence-corrected chi connectivity index (χ2v) is 4.81. The van der Waals surface area contributed by atoms with Crippen molar-refractivity contribution in [3.8, 4) is 11.5 Å². The Kier molecular flexibility index (Phi) is 5.38. The number of aromatic nitrogens is 1. The number of benzene rings is 1. The van der Waals surface area contributed by atoms with E-state index in [1.807, 2.05) is 25.1 Å². The molecule has 5 nitrogen and oxygen atoms in total. The number of hydrazine groups is 1. The second kappa shape index (κ2) is 7.26.